The molecular weight excluding hydrogens is 204 g/mol. The third-order valence-electron chi connectivity index (χ3n) is 2.50. The fourth-order valence-corrected chi connectivity index (χ4v) is 1.85. The normalized spacial score (nSPS) is 14.2. The van der Waals surface area contributed by atoms with Gasteiger partial charge in [0.15, 0.2) is 0 Å². The van der Waals surface area contributed by atoms with Crippen LogP contribution < -0.4 is 14.8 Å². The Kier molecular flexibility index (Phi) is 3.17. The molecule has 0 amide bonds. The van der Waals surface area contributed by atoms with E-state index in [0.29, 0.717) is 5.88 Å². The number of aromatic nitrogens is 1. The number of nitrogens with zero attached hydrogens (tertiary/aromatic N) is 1. The molecule has 0 fully saturated rings. The SMILES string of the molecule is COc1cc(OC(C)C)nc2c1NCCC2. The second kappa shape index (κ2) is 4.60. The number of ether oxygens (including phenoxy) is 2. The quantitative estimate of drug-likeness (QED) is 0.851. The molecule has 4 heteroatoms. The predicted molar refractivity (Wildman–Crippen MR) is 63.4 cm³/mol. The highest BCUT2D eigenvalue weighted by Crippen LogP contribution is 2.33. The van der Waals surface area contributed by atoms with Gasteiger partial charge in [0.2, 0.25) is 5.88 Å². The number of nitrogens with one attached hydrogen (secondary N) is 1. The molecule has 0 saturated heterocycles. The number of rotatable bonds is 3. The lowest BCUT2D eigenvalue weighted by molar-refractivity contribution is 0.230. The maximum absolute atomic E-state index is 5.60. The number of hydrogen-bond donors (Lipinski definition) is 1. The van der Waals surface area contributed by atoms with E-state index in [-0.39, 0.29) is 6.10 Å². The molecule has 1 aromatic rings. The minimum Gasteiger partial charge on any atom is -0.494 e. The Morgan fingerprint density at radius 3 is 2.94 bits per heavy atom. The smallest absolute Gasteiger partial charge is 0.217 e. The second-order valence-electron chi connectivity index (χ2n) is 4.18. The topological polar surface area (TPSA) is 43.4 Å². The average Bonchev–Trinajstić information content (AvgIpc) is 2.27. The minimum atomic E-state index is 0.131. The Labute approximate surface area is 96.0 Å². The van der Waals surface area contributed by atoms with Crippen LogP contribution in [0.3, 0.4) is 0 Å². The van der Waals surface area contributed by atoms with Gasteiger partial charge in [0.25, 0.3) is 0 Å². The number of pyridine rings is 1. The molecule has 1 aliphatic heterocycles. The zero-order valence-corrected chi connectivity index (χ0v) is 10.0. The minimum absolute atomic E-state index is 0.131. The summed E-state index contributed by atoms with van der Waals surface area (Å²) in [6.07, 6.45) is 2.22. The van der Waals surface area contributed by atoms with Crippen molar-refractivity contribution >= 4 is 5.69 Å². The van der Waals surface area contributed by atoms with Gasteiger partial charge in [0, 0.05) is 12.6 Å². The zero-order valence-electron chi connectivity index (χ0n) is 10.0. The Hall–Kier alpha value is -1.45. The molecule has 88 valence electrons. The van der Waals surface area contributed by atoms with E-state index in [1.54, 1.807) is 7.11 Å². The largest absolute Gasteiger partial charge is 0.494 e. The summed E-state index contributed by atoms with van der Waals surface area (Å²) in [6.45, 7) is 4.97. The summed E-state index contributed by atoms with van der Waals surface area (Å²) in [4.78, 5) is 4.50. The van der Waals surface area contributed by atoms with Crippen molar-refractivity contribution in [3.05, 3.63) is 11.8 Å². The highest BCUT2D eigenvalue weighted by Gasteiger charge is 2.17. The lowest BCUT2D eigenvalue weighted by Crippen LogP contribution is -2.16. The standard InChI is InChI=1S/C12H18N2O2/c1-8(2)16-11-7-10(15-3)12-9(14-11)5-4-6-13-12/h7-8,13H,4-6H2,1-3H3. The van der Waals surface area contributed by atoms with Crippen LogP contribution in [0.5, 0.6) is 11.6 Å². The van der Waals surface area contributed by atoms with Gasteiger partial charge in [0.05, 0.1) is 24.6 Å². The van der Waals surface area contributed by atoms with Crippen molar-refractivity contribution < 1.29 is 9.47 Å². The lowest BCUT2D eigenvalue weighted by atomic mass is 10.1. The van der Waals surface area contributed by atoms with Gasteiger partial charge < -0.3 is 14.8 Å². The number of anilines is 1. The van der Waals surface area contributed by atoms with Crippen LogP contribution in [0.25, 0.3) is 0 Å². The fraction of sp³-hybridized carbons (Fsp3) is 0.583. The molecule has 4 nitrogen and oxygen atoms in total. The first kappa shape index (κ1) is 11.0. The molecule has 2 rings (SSSR count). The number of methoxy groups -OCH3 is 1. The molecule has 2 heterocycles. The lowest BCUT2D eigenvalue weighted by Gasteiger charge is -2.21. The first-order valence-corrected chi connectivity index (χ1v) is 5.69. The summed E-state index contributed by atoms with van der Waals surface area (Å²) in [5.41, 5.74) is 2.06. The molecule has 0 aromatic carbocycles. The molecule has 0 bridgehead atoms. The molecule has 0 spiro atoms. The Morgan fingerprint density at radius 2 is 2.25 bits per heavy atom. The van der Waals surface area contributed by atoms with Crippen molar-refractivity contribution in [2.24, 2.45) is 0 Å². The van der Waals surface area contributed by atoms with Gasteiger partial charge in [-0.1, -0.05) is 0 Å². The highest BCUT2D eigenvalue weighted by molar-refractivity contribution is 5.62. The van der Waals surface area contributed by atoms with Crippen LogP contribution in [0.2, 0.25) is 0 Å². The van der Waals surface area contributed by atoms with Gasteiger partial charge in [-0.25, -0.2) is 4.98 Å². The first-order valence-electron chi connectivity index (χ1n) is 5.69. The Morgan fingerprint density at radius 1 is 1.44 bits per heavy atom. The van der Waals surface area contributed by atoms with E-state index in [4.69, 9.17) is 9.47 Å². The summed E-state index contributed by atoms with van der Waals surface area (Å²) >= 11 is 0. The average molecular weight is 222 g/mol. The van der Waals surface area contributed by atoms with Crippen molar-refractivity contribution in [1.82, 2.24) is 4.98 Å². The zero-order chi connectivity index (χ0) is 11.5. The monoisotopic (exact) mass is 222 g/mol. The van der Waals surface area contributed by atoms with Gasteiger partial charge >= 0.3 is 0 Å². The summed E-state index contributed by atoms with van der Waals surface area (Å²) in [5.74, 6) is 1.47. The molecule has 16 heavy (non-hydrogen) atoms. The van der Waals surface area contributed by atoms with Crippen molar-refractivity contribution in [1.29, 1.82) is 0 Å². The number of fused-ring (bicyclic) bond motifs is 1. The third-order valence-corrected chi connectivity index (χ3v) is 2.50. The van der Waals surface area contributed by atoms with Crippen LogP contribution in [0.1, 0.15) is 26.0 Å². The van der Waals surface area contributed by atoms with Crippen LogP contribution in [-0.2, 0) is 6.42 Å². The summed E-state index contributed by atoms with van der Waals surface area (Å²) < 4.78 is 11.0. The molecule has 1 aliphatic rings. The van der Waals surface area contributed by atoms with Crippen molar-refractivity contribution in [2.45, 2.75) is 32.8 Å². The van der Waals surface area contributed by atoms with E-state index in [0.717, 1.165) is 36.5 Å². The third kappa shape index (κ3) is 2.21. The fourth-order valence-electron chi connectivity index (χ4n) is 1.85. The van der Waals surface area contributed by atoms with E-state index in [9.17, 15) is 0 Å². The number of aryl methyl sites for hydroxylation is 1. The van der Waals surface area contributed by atoms with E-state index in [2.05, 4.69) is 10.3 Å². The molecule has 1 aromatic heterocycles. The van der Waals surface area contributed by atoms with Gasteiger partial charge in [-0.15, -0.1) is 0 Å². The van der Waals surface area contributed by atoms with Crippen molar-refractivity contribution in [3.8, 4) is 11.6 Å². The van der Waals surface area contributed by atoms with Crippen LogP contribution in [0.15, 0.2) is 6.07 Å². The van der Waals surface area contributed by atoms with Gasteiger partial charge in [-0.05, 0) is 26.7 Å². The Balaban J connectivity index is 2.35. The summed E-state index contributed by atoms with van der Waals surface area (Å²) in [5, 5.41) is 3.32. The van der Waals surface area contributed by atoms with E-state index in [1.807, 2.05) is 19.9 Å². The highest BCUT2D eigenvalue weighted by atomic mass is 16.5. The van der Waals surface area contributed by atoms with E-state index >= 15 is 0 Å². The van der Waals surface area contributed by atoms with Crippen molar-refractivity contribution in [2.75, 3.05) is 19.0 Å². The van der Waals surface area contributed by atoms with Gasteiger partial charge in [-0.3, -0.25) is 0 Å². The van der Waals surface area contributed by atoms with Gasteiger partial charge in [0.1, 0.15) is 5.75 Å². The molecule has 0 atom stereocenters. The summed E-state index contributed by atoms with van der Waals surface area (Å²) in [7, 11) is 1.67. The first-order chi connectivity index (χ1) is 7.70. The molecule has 0 radical (unpaired) electrons. The van der Waals surface area contributed by atoms with E-state index in [1.165, 1.54) is 0 Å². The molecule has 0 saturated carbocycles. The maximum Gasteiger partial charge on any atom is 0.217 e. The van der Waals surface area contributed by atoms with Crippen LogP contribution >= 0.6 is 0 Å². The second-order valence-corrected chi connectivity index (χ2v) is 4.18. The maximum atomic E-state index is 5.60. The molecule has 1 N–H and O–H groups in total. The number of hydrogen-bond acceptors (Lipinski definition) is 4. The molecule has 0 aliphatic carbocycles. The van der Waals surface area contributed by atoms with Crippen molar-refractivity contribution in [3.63, 3.8) is 0 Å². The van der Waals surface area contributed by atoms with Gasteiger partial charge in [-0.2, -0.15) is 0 Å². The van der Waals surface area contributed by atoms with Crippen LogP contribution in [0, 0.1) is 0 Å². The molecule has 0 unspecified atom stereocenters. The van der Waals surface area contributed by atoms with Crippen LogP contribution in [-0.4, -0.2) is 24.7 Å². The molecular formula is C12H18N2O2. The Bertz CT molecular complexity index is 360. The van der Waals surface area contributed by atoms with Crippen LogP contribution in [0.4, 0.5) is 5.69 Å². The predicted octanol–water partition coefficient (Wildman–Crippen LogP) is 2.24. The summed E-state index contributed by atoms with van der Waals surface area (Å²) in [6, 6.07) is 1.84. The van der Waals surface area contributed by atoms with E-state index < -0.39 is 0 Å².